The van der Waals surface area contributed by atoms with Crippen molar-refractivity contribution in [3.8, 4) is 5.75 Å². The van der Waals surface area contributed by atoms with E-state index in [9.17, 15) is 9.59 Å². The lowest BCUT2D eigenvalue weighted by atomic mass is 10.1. The van der Waals surface area contributed by atoms with Crippen molar-refractivity contribution in [3.05, 3.63) is 58.6 Å². The molecule has 1 aliphatic rings. The van der Waals surface area contributed by atoms with Crippen molar-refractivity contribution in [2.45, 2.75) is 13.3 Å². The van der Waals surface area contributed by atoms with Crippen molar-refractivity contribution in [1.82, 2.24) is 0 Å². The molecule has 1 heterocycles. The van der Waals surface area contributed by atoms with Crippen LogP contribution in [0.25, 0.3) is 0 Å². The molecule has 1 fully saturated rings. The van der Waals surface area contributed by atoms with Crippen LogP contribution in [0.2, 0.25) is 0 Å². The minimum atomic E-state index is -0.438. The first kappa shape index (κ1) is 15.7. The molecule has 2 aromatic carbocycles. The van der Waals surface area contributed by atoms with Crippen LogP contribution < -0.4 is 9.64 Å². The SMILES string of the molecule is Cc1ccc(N2CC(C(=O)Oc3ccc(Br)cc3)CC2=O)cc1. The van der Waals surface area contributed by atoms with Gasteiger partial charge in [-0.1, -0.05) is 33.6 Å². The summed E-state index contributed by atoms with van der Waals surface area (Å²) in [6, 6.07) is 14.8. The number of nitrogens with zero attached hydrogens (tertiary/aromatic N) is 1. The van der Waals surface area contributed by atoms with Crippen molar-refractivity contribution in [2.75, 3.05) is 11.4 Å². The minimum Gasteiger partial charge on any atom is -0.426 e. The number of hydrogen-bond donors (Lipinski definition) is 0. The third-order valence-corrected chi connectivity index (χ3v) is 4.36. The van der Waals surface area contributed by atoms with Crippen LogP contribution in [0.4, 0.5) is 5.69 Å². The summed E-state index contributed by atoms with van der Waals surface area (Å²) >= 11 is 3.33. The molecule has 3 rings (SSSR count). The van der Waals surface area contributed by atoms with Crippen LogP contribution in [0.1, 0.15) is 12.0 Å². The number of rotatable bonds is 3. The topological polar surface area (TPSA) is 46.6 Å². The Morgan fingerprint density at radius 2 is 1.78 bits per heavy atom. The van der Waals surface area contributed by atoms with Gasteiger partial charge in [0.25, 0.3) is 0 Å². The van der Waals surface area contributed by atoms with Gasteiger partial charge in [-0.3, -0.25) is 9.59 Å². The number of hydrogen-bond acceptors (Lipinski definition) is 3. The van der Waals surface area contributed by atoms with E-state index < -0.39 is 5.92 Å². The number of anilines is 1. The molecule has 0 spiro atoms. The summed E-state index contributed by atoms with van der Waals surface area (Å²) in [5.74, 6) is -0.367. The van der Waals surface area contributed by atoms with Crippen LogP contribution in [0.15, 0.2) is 53.0 Å². The molecule has 0 saturated carbocycles. The van der Waals surface area contributed by atoms with Gasteiger partial charge in [0, 0.05) is 23.1 Å². The first-order chi connectivity index (χ1) is 11.0. The molecule has 23 heavy (non-hydrogen) atoms. The van der Waals surface area contributed by atoms with Gasteiger partial charge in [-0.2, -0.15) is 0 Å². The van der Waals surface area contributed by atoms with Gasteiger partial charge in [-0.25, -0.2) is 0 Å². The fourth-order valence-electron chi connectivity index (χ4n) is 2.54. The van der Waals surface area contributed by atoms with E-state index in [0.29, 0.717) is 12.3 Å². The zero-order valence-corrected chi connectivity index (χ0v) is 14.2. The van der Waals surface area contributed by atoms with Crippen LogP contribution >= 0.6 is 15.9 Å². The monoisotopic (exact) mass is 373 g/mol. The molecule has 1 aliphatic heterocycles. The van der Waals surface area contributed by atoms with Gasteiger partial charge in [-0.15, -0.1) is 0 Å². The summed E-state index contributed by atoms with van der Waals surface area (Å²) in [5, 5.41) is 0. The number of carbonyl (C=O) groups is 2. The molecule has 0 bridgehead atoms. The fraction of sp³-hybridized carbons (Fsp3) is 0.222. The predicted molar refractivity (Wildman–Crippen MR) is 91.4 cm³/mol. The lowest BCUT2D eigenvalue weighted by Crippen LogP contribution is -2.27. The molecular formula is C18H16BrNO3. The number of amides is 1. The normalized spacial score (nSPS) is 17.4. The number of halogens is 1. The summed E-state index contributed by atoms with van der Waals surface area (Å²) in [5.41, 5.74) is 1.95. The summed E-state index contributed by atoms with van der Waals surface area (Å²) in [7, 11) is 0. The maximum Gasteiger partial charge on any atom is 0.316 e. The summed E-state index contributed by atoms with van der Waals surface area (Å²) < 4.78 is 6.28. The Kier molecular flexibility index (Phi) is 4.48. The number of ether oxygens (including phenoxy) is 1. The Bertz CT molecular complexity index is 725. The van der Waals surface area contributed by atoms with Gasteiger partial charge < -0.3 is 9.64 Å². The molecule has 118 valence electrons. The number of aryl methyl sites for hydroxylation is 1. The standard InChI is InChI=1S/C18H16BrNO3/c1-12-2-6-15(7-3-12)20-11-13(10-17(20)21)18(22)23-16-8-4-14(19)5-9-16/h2-9,13H,10-11H2,1H3. The van der Waals surface area contributed by atoms with Gasteiger partial charge >= 0.3 is 5.97 Å². The highest BCUT2D eigenvalue weighted by Gasteiger charge is 2.36. The highest BCUT2D eigenvalue weighted by molar-refractivity contribution is 9.10. The van der Waals surface area contributed by atoms with Gasteiger partial charge in [-0.05, 0) is 43.3 Å². The molecule has 1 saturated heterocycles. The van der Waals surface area contributed by atoms with E-state index in [1.807, 2.05) is 31.2 Å². The van der Waals surface area contributed by atoms with Crippen LogP contribution in [0, 0.1) is 12.8 Å². The van der Waals surface area contributed by atoms with Gasteiger partial charge in [0.2, 0.25) is 5.91 Å². The van der Waals surface area contributed by atoms with E-state index in [1.54, 1.807) is 29.2 Å². The second-order valence-corrected chi connectivity index (χ2v) is 6.53. The average molecular weight is 374 g/mol. The molecule has 0 aliphatic carbocycles. The number of benzene rings is 2. The molecular weight excluding hydrogens is 358 g/mol. The summed E-state index contributed by atoms with van der Waals surface area (Å²) in [6.07, 6.45) is 0.184. The highest BCUT2D eigenvalue weighted by atomic mass is 79.9. The molecule has 1 unspecified atom stereocenters. The first-order valence-corrected chi connectivity index (χ1v) is 8.16. The van der Waals surface area contributed by atoms with Crippen LogP contribution in [-0.2, 0) is 9.59 Å². The molecule has 5 heteroatoms. The molecule has 2 aromatic rings. The van der Waals surface area contributed by atoms with Crippen molar-refractivity contribution >= 4 is 33.5 Å². The Morgan fingerprint density at radius 3 is 2.43 bits per heavy atom. The first-order valence-electron chi connectivity index (χ1n) is 7.37. The lowest BCUT2D eigenvalue weighted by Gasteiger charge is -2.16. The lowest BCUT2D eigenvalue weighted by molar-refractivity contribution is -0.139. The smallest absolute Gasteiger partial charge is 0.316 e. The average Bonchev–Trinajstić information content (AvgIpc) is 2.92. The zero-order valence-electron chi connectivity index (χ0n) is 12.7. The van der Waals surface area contributed by atoms with Crippen molar-refractivity contribution in [3.63, 3.8) is 0 Å². The Morgan fingerprint density at radius 1 is 1.13 bits per heavy atom. The van der Waals surface area contributed by atoms with E-state index in [-0.39, 0.29) is 18.3 Å². The van der Waals surface area contributed by atoms with E-state index in [4.69, 9.17) is 4.74 Å². The molecule has 0 N–H and O–H groups in total. The van der Waals surface area contributed by atoms with Crippen LogP contribution in [0.3, 0.4) is 0 Å². The van der Waals surface area contributed by atoms with Crippen molar-refractivity contribution < 1.29 is 14.3 Å². The predicted octanol–water partition coefficient (Wildman–Crippen LogP) is 3.72. The number of esters is 1. The third kappa shape index (κ3) is 3.62. The van der Waals surface area contributed by atoms with E-state index in [2.05, 4.69) is 15.9 Å². The Balaban J connectivity index is 1.68. The van der Waals surface area contributed by atoms with Gasteiger partial charge in [0.1, 0.15) is 5.75 Å². The van der Waals surface area contributed by atoms with E-state index in [0.717, 1.165) is 15.7 Å². The van der Waals surface area contributed by atoms with Crippen LogP contribution in [0.5, 0.6) is 5.75 Å². The van der Waals surface area contributed by atoms with Gasteiger partial charge in [0.15, 0.2) is 0 Å². The largest absolute Gasteiger partial charge is 0.426 e. The molecule has 0 radical (unpaired) electrons. The Hall–Kier alpha value is -2.14. The minimum absolute atomic E-state index is 0.0494. The van der Waals surface area contributed by atoms with E-state index in [1.165, 1.54) is 0 Å². The van der Waals surface area contributed by atoms with E-state index >= 15 is 0 Å². The second kappa shape index (κ2) is 6.54. The zero-order chi connectivity index (χ0) is 16.4. The highest BCUT2D eigenvalue weighted by Crippen LogP contribution is 2.27. The molecule has 1 amide bonds. The Labute approximate surface area is 143 Å². The van der Waals surface area contributed by atoms with Crippen molar-refractivity contribution in [2.24, 2.45) is 5.92 Å². The maximum absolute atomic E-state index is 12.3. The molecule has 4 nitrogen and oxygen atoms in total. The van der Waals surface area contributed by atoms with Gasteiger partial charge in [0.05, 0.1) is 5.92 Å². The quantitative estimate of drug-likeness (QED) is 0.608. The van der Waals surface area contributed by atoms with Crippen LogP contribution in [-0.4, -0.2) is 18.4 Å². The molecule has 1 atom stereocenters. The maximum atomic E-state index is 12.3. The fourth-order valence-corrected chi connectivity index (χ4v) is 2.81. The summed E-state index contributed by atoms with van der Waals surface area (Å²) in [4.78, 5) is 26.1. The second-order valence-electron chi connectivity index (χ2n) is 5.62. The summed E-state index contributed by atoms with van der Waals surface area (Å²) in [6.45, 7) is 2.35. The third-order valence-electron chi connectivity index (χ3n) is 3.84. The molecule has 0 aromatic heterocycles. The van der Waals surface area contributed by atoms with Crippen molar-refractivity contribution in [1.29, 1.82) is 0 Å². The number of carbonyl (C=O) groups excluding carboxylic acids is 2.